The summed E-state index contributed by atoms with van der Waals surface area (Å²) in [7, 11) is 3.65. The van der Waals surface area contributed by atoms with Crippen molar-refractivity contribution in [2.75, 3.05) is 0 Å². The molecule has 2 rings (SSSR count). The Hall–Kier alpha value is -2.11. The first-order valence-corrected chi connectivity index (χ1v) is 5.32. The minimum Gasteiger partial charge on any atom is -0.346 e. The van der Waals surface area contributed by atoms with Gasteiger partial charge in [-0.25, -0.2) is 0 Å². The first kappa shape index (κ1) is 11.4. The maximum absolute atomic E-state index is 11.8. The highest BCUT2D eigenvalue weighted by molar-refractivity contribution is 5.92. The predicted octanol–water partition coefficient (Wildman–Crippen LogP) is 0.392. The van der Waals surface area contributed by atoms with Crippen LogP contribution < -0.4 is 5.32 Å². The molecule has 2 aromatic heterocycles. The van der Waals surface area contributed by atoms with Crippen LogP contribution in [-0.4, -0.2) is 25.5 Å². The van der Waals surface area contributed by atoms with Gasteiger partial charge >= 0.3 is 0 Å². The Kier molecular flexibility index (Phi) is 2.95. The Morgan fingerprint density at radius 1 is 1.47 bits per heavy atom. The molecule has 17 heavy (non-hydrogen) atoms. The standard InChI is InChI=1S/C11H15N5O/c1-8-4-10(14-16(8)3)11(17)12-5-9-6-13-15(2)7-9/h4,6-7H,5H2,1-3H3,(H,12,17). The SMILES string of the molecule is Cc1cc(C(=O)NCc2cnn(C)c2)nn1C. The van der Waals surface area contributed by atoms with E-state index >= 15 is 0 Å². The number of hydrogen-bond donors (Lipinski definition) is 1. The van der Waals surface area contributed by atoms with E-state index in [-0.39, 0.29) is 5.91 Å². The topological polar surface area (TPSA) is 64.7 Å². The second-order valence-electron chi connectivity index (χ2n) is 4.00. The molecule has 2 aromatic rings. The molecular weight excluding hydrogens is 218 g/mol. The number of aromatic nitrogens is 4. The lowest BCUT2D eigenvalue weighted by Crippen LogP contribution is -2.23. The second-order valence-corrected chi connectivity index (χ2v) is 4.00. The zero-order valence-electron chi connectivity index (χ0n) is 10.1. The molecule has 90 valence electrons. The summed E-state index contributed by atoms with van der Waals surface area (Å²) in [4.78, 5) is 11.8. The molecule has 0 aliphatic heterocycles. The summed E-state index contributed by atoms with van der Waals surface area (Å²) in [6.45, 7) is 2.37. The smallest absolute Gasteiger partial charge is 0.272 e. The van der Waals surface area contributed by atoms with Crippen LogP contribution in [0.3, 0.4) is 0 Å². The first-order chi connectivity index (χ1) is 8.06. The van der Waals surface area contributed by atoms with Crippen LogP contribution in [-0.2, 0) is 20.6 Å². The van der Waals surface area contributed by atoms with Crippen LogP contribution in [0.4, 0.5) is 0 Å². The van der Waals surface area contributed by atoms with Crippen molar-refractivity contribution in [3.05, 3.63) is 35.4 Å². The lowest BCUT2D eigenvalue weighted by Gasteiger charge is -1.99. The summed E-state index contributed by atoms with van der Waals surface area (Å²) in [6, 6.07) is 1.76. The number of amides is 1. The molecule has 6 heteroatoms. The molecule has 0 aliphatic rings. The molecule has 0 spiro atoms. The monoisotopic (exact) mass is 233 g/mol. The molecule has 0 unspecified atom stereocenters. The quantitative estimate of drug-likeness (QED) is 0.834. The van der Waals surface area contributed by atoms with Gasteiger partial charge in [0, 0.05) is 38.1 Å². The van der Waals surface area contributed by atoms with E-state index in [0.717, 1.165) is 11.3 Å². The van der Waals surface area contributed by atoms with Crippen LogP contribution in [0.5, 0.6) is 0 Å². The van der Waals surface area contributed by atoms with Crippen molar-refractivity contribution in [1.29, 1.82) is 0 Å². The third kappa shape index (κ3) is 2.52. The van der Waals surface area contributed by atoms with Gasteiger partial charge < -0.3 is 5.32 Å². The molecule has 6 nitrogen and oxygen atoms in total. The van der Waals surface area contributed by atoms with Gasteiger partial charge in [-0.2, -0.15) is 10.2 Å². The van der Waals surface area contributed by atoms with E-state index < -0.39 is 0 Å². The van der Waals surface area contributed by atoms with Crippen molar-refractivity contribution < 1.29 is 4.79 Å². The van der Waals surface area contributed by atoms with Crippen molar-refractivity contribution in [1.82, 2.24) is 24.9 Å². The normalized spacial score (nSPS) is 10.5. The van der Waals surface area contributed by atoms with Crippen molar-refractivity contribution in [2.45, 2.75) is 13.5 Å². The van der Waals surface area contributed by atoms with E-state index in [4.69, 9.17) is 0 Å². The number of rotatable bonds is 3. The molecule has 0 aromatic carbocycles. The Labute approximate surface area is 99.2 Å². The summed E-state index contributed by atoms with van der Waals surface area (Å²) >= 11 is 0. The van der Waals surface area contributed by atoms with E-state index in [1.165, 1.54) is 0 Å². The fourth-order valence-electron chi connectivity index (χ4n) is 1.51. The van der Waals surface area contributed by atoms with Crippen molar-refractivity contribution in [3.63, 3.8) is 0 Å². The highest BCUT2D eigenvalue weighted by atomic mass is 16.1. The minimum absolute atomic E-state index is 0.169. The lowest BCUT2D eigenvalue weighted by atomic mass is 10.3. The molecule has 0 saturated carbocycles. The summed E-state index contributed by atoms with van der Waals surface area (Å²) in [5.74, 6) is -0.169. The highest BCUT2D eigenvalue weighted by Crippen LogP contribution is 2.02. The van der Waals surface area contributed by atoms with E-state index in [9.17, 15) is 4.79 Å². The van der Waals surface area contributed by atoms with Gasteiger partial charge in [0.05, 0.1) is 6.20 Å². The van der Waals surface area contributed by atoms with Gasteiger partial charge in [-0.1, -0.05) is 0 Å². The van der Waals surface area contributed by atoms with Crippen LogP contribution in [0.2, 0.25) is 0 Å². The van der Waals surface area contributed by atoms with Gasteiger partial charge in [0.15, 0.2) is 0 Å². The van der Waals surface area contributed by atoms with Gasteiger partial charge in [0.1, 0.15) is 5.69 Å². The third-order valence-electron chi connectivity index (χ3n) is 2.56. The number of carbonyl (C=O) groups is 1. The van der Waals surface area contributed by atoms with E-state index in [1.807, 2.05) is 27.2 Å². The van der Waals surface area contributed by atoms with E-state index in [0.29, 0.717) is 12.2 Å². The van der Waals surface area contributed by atoms with E-state index in [1.54, 1.807) is 21.6 Å². The second kappa shape index (κ2) is 4.40. The molecule has 0 fully saturated rings. The molecule has 1 amide bonds. The number of nitrogens with one attached hydrogen (secondary N) is 1. The van der Waals surface area contributed by atoms with E-state index in [2.05, 4.69) is 15.5 Å². The minimum atomic E-state index is -0.169. The first-order valence-electron chi connectivity index (χ1n) is 5.32. The summed E-state index contributed by atoms with van der Waals surface area (Å²) < 4.78 is 3.38. The average Bonchev–Trinajstić information content (AvgIpc) is 2.83. The molecular formula is C11H15N5O. The van der Waals surface area contributed by atoms with Crippen LogP contribution in [0.1, 0.15) is 21.7 Å². The molecule has 0 saturated heterocycles. The van der Waals surface area contributed by atoms with Gasteiger partial charge in [-0.05, 0) is 13.0 Å². The van der Waals surface area contributed by atoms with Gasteiger partial charge in [0.2, 0.25) is 0 Å². The summed E-state index contributed by atoms with van der Waals surface area (Å²) in [6.07, 6.45) is 3.59. The Morgan fingerprint density at radius 2 is 2.24 bits per heavy atom. The number of hydrogen-bond acceptors (Lipinski definition) is 3. The fourth-order valence-corrected chi connectivity index (χ4v) is 1.51. The Morgan fingerprint density at radius 3 is 2.76 bits per heavy atom. The zero-order chi connectivity index (χ0) is 12.4. The lowest BCUT2D eigenvalue weighted by molar-refractivity contribution is 0.0945. The number of aryl methyl sites for hydroxylation is 3. The predicted molar refractivity (Wildman–Crippen MR) is 62.3 cm³/mol. The van der Waals surface area contributed by atoms with Crippen LogP contribution in [0.15, 0.2) is 18.5 Å². The third-order valence-corrected chi connectivity index (χ3v) is 2.56. The summed E-state index contributed by atoms with van der Waals surface area (Å²) in [5.41, 5.74) is 2.36. The maximum Gasteiger partial charge on any atom is 0.272 e. The Bertz CT molecular complexity index is 520. The number of nitrogens with zero attached hydrogens (tertiary/aromatic N) is 4. The molecule has 0 bridgehead atoms. The van der Waals surface area contributed by atoms with Crippen LogP contribution in [0, 0.1) is 6.92 Å². The van der Waals surface area contributed by atoms with Gasteiger partial charge in [-0.3, -0.25) is 14.2 Å². The van der Waals surface area contributed by atoms with Crippen LogP contribution >= 0.6 is 0 Å². The highest BCUT2D eigenvalue weighted by Gasteiger charge is 2.10. The van der Waals surface area contributed by atoms with Gasteiger partial charge in [0.25, 0.3) is 5.91 Å². The van der Waals surface area contributed by atoms with Crippen molar-refractivity contribution >= 4 is 5.91 Å². The molecule has 0 aliphatic carbocycles. The molecule has 0 radical (unpaired) electrons. The number of carbonyl (C=O) groups excluding carboxylic acids is 1. The van der Waals surface area contributed by atoms with Gasteiger partial charge in [-0.15, -0.1) is 0 Å². The molecule has 1 N–H and O–H groups in total. The molecule has 2 heterocycles. The van der Waals surface area contributed by atoms with Crippen molar-refractivity contribution in [3.8, 4) is 0 Å². The fraction of sp³-hybridized carbons (Fsp3) is 0.364. The largest absolute Gasteiger partial charge is 0.346 e. The molecule has 0 atom stereocenters. The van der Waals surface area contributed by atoms with Crippen LogP contribution in [0.25, 0.3) is 0 Å². The summed E-state index contributed by atoms with van der Waals surface area (Å²) in [5, 5.41) is 10.9. The average molecular weight is 233 g/mol. The Balaban J connectivity index is 1.98. The van der Waals surface area contributed by atoms with Crippen molar-refractivity contribution in [2.24, 2.45) is 14.1 Å². The maximum atomic E-state index is 11.8. The zero-order valence-corrected chi connectivity index (χ0v) is 10.1.